The van der Waals surface area contributed by atoms with Crippen LogP contribution in [0.25, 0.3) is 5.65 Å². The van der Waals surface area contributed by atoms with Gasteiger partial charge >= 0.3 is 0 Å². The van der Waals surface area contributed by atoms with Gasteiger partial charge < -0.3 is 20.1 Å². The molecule has 1 aliphatic rings. The number of anilines is 1. The first-order chi connectivity index (χ1) is 18.7. The number of rotatable bonds is 4. The second-order valence-corrected chi connectivity index (χ2v) is 9.03. The van der Waals surface area contributed by atoms with Gasteiger partial charge in [0.2, 0.25) is 0 Å². The molecule has 0 radical (unpaired) electrons. The van der Waals surface area contributed by atoms with Gasteiger partial charge in [-0.2, -0.15) is 0 Å². The maximum atomic E-state index is 12.2. The minimum atomic E-state index is -0.240. The number of aryl methyl sites for hydroxylation is 1. The number of aldehydes is 1. The maximum absolute atomic E-state index is 12.2. The highest BCUT2D eigenvalue weighted by atomic mass is 35.5. The van der Waals surface area contributed by atoms with Gasteiger partial charge in [-0.15, -0.1) is 5.10 Å². The van der Waals surface area contributed by atoms with Crippen LogP contribution < -0.4 is 15.0 Å². The number of phenols is 1. The number of aromatic hydroxyl groups is 1. The van der Waals surface area contributed by atoms with Crippen molar-refractivity contribution < 1.29 is 19.0 Å². The molecule has 39 heavy (non-hydrogen) atoms. The number of nitrogens with zero attached hydrogens (tertiary/aromatic N) is 4. The lowest BCUT2D eigenvalue weighted by Gasteiger charge is -2.17. The highest BCUT2D eigenvalue weighted by Crippen LogP contribution is 2.29. The molecule has 0 bridgehead atoms. The Bertz CT molecular complexity index is 1340. The van der Waals surface area contributed by atoms with E-state index in [0.29, 0.717) is 23.1 Å². The number of ether oxygens (including phenoxy) is 1. The number of fused-ring (bicyclic) bond motifs is 1. The summed E-state index contributed by atoms with van der Waals surface area (Å²) >= 11 is 11.1. The van der Waals surface area contributed by atoms with Crippen LogP contribution in [0.5, 0.6) is 11.5 Å². The quantitative estimate of drug-likeness (QED) is 0.278. The Morgan fingerprint density at radius 2 is 1.85 bits per heavy atom. The van der Waals surface area contributed by atoms with Gasteiger partial charge in [0.25, 0.3) is 0 Å². The lowest BCUT2D eigenvalue weighted by molar-refractivity contribution is 0.112. The Hall–Kier alpha value is -3.40. The van der Waals surface area contributed by atoms with E-state index in [1.807, 2.05) is 44.6 Å². The van der Waals surface area contributed by atoms with Crippen LogP contribution in [0.2, 0.25) is 10.0 Å². The molecule has 1 aliphatic heterocycles. The van der Waals surface area contributed by atoms with Crippen LogP contribution in [0.4, 0.5) is 10.2 Å². The Kier molecular flexibility index (Phi) is 13.0. The molecule has 1 fully saturated rings. The number of nitrogens with one attached hydrogen (secondary N) is 1. The lowest BCUT2D eigenvalue weighted by Crippen LogP contribution is -2.30. The van der Waals surface area contributed by atoms with Crippen molar-refractivity contribution in [2.45, 2.75) is 33.2 Å². The van der Waals surface area contributed by atoms with Crippen LogP contribution in [0.3, 0.4) is 0 Å². The Morgan fingerprint density at radius 3 is 2.44 bits per heavy atom. The number of imidazole rings is 1. The molecule has 0 saturated carbocycles. The summed E-state index contributed by atoms with van der Waals surface area (Å²) in [5, 5.41) is 17.5. The number of carbonyl (C=O) groups is 1. The third-order valence-electron chi connectivity index (χ3n) is 5.67. The smallest absolute Gasteiger partial charge is 0.153 e. The molecule has 8 nitrogen and oxygen atoms in total. The average Bonchev–Trinajstić information content (AvgIpc) is 3.59. The van der Waals surface area contributed by atoms with Crippen LogP contribution in [0.15, 0.2) is 54.7 Å². The van der Waals surface area contributed by atoms with E-state index in [-0.39, 0.29) is 22.2 Å². The zero-order valence-corrected chi connectivity index (χ0v) is 24.2. The molecule has 4 aromatic rings. The number of carbonyl (C=O) groups excluding carboxylic acids is 1. The second kappa shape index (κ2) is 15.9. The molecule has 11 heteroatoms. The molecule has 2 aromatic heterocycles. The number of halogens is 3. The molecule has 0 spiro atoms. The number of aromatic nitrogens is 3. The summed E-state index contributed by atoms with van der Waals surface area (Å²) in [7, 11) is 3.57. The second-order valence-electron chi connectivity index (χ2n) is 8.18. The van der Waals surface area contributed by atoms with Gasteiger partial charge in [0.15, 0.2) is 11.9 Å². The fourth-order valence-electron chi connectivity index (χ4n) is 3.60. The zero-order valence-electron chi connectivity index (χ0n) is 22.7. The van der Waals surface area contributed by atoms with E-state index in [2.05, 4.69) is 26.4 Å². The fraction of sp³-hybridized carbons (Fsp3) is 0.321. The molecule has 5 rings (SSSR count). The van der Waals surface area contributed by atoms with E-state index in [1.165, 1.54) is 30.7 Å². The SMILES string of the molecule is CC.CN[C@H]1CCN(c2ccc3ncc(C)n3n2)C1.COc1ccc(F)cc1.O=Cc1cc(Cl)cc(Cl)c1O. The number of hydrogen-bond donors (Lipinski definition) is 2. The molecule has 1 atom stereocenters. The van der Waals surface area contributed by atoms with E-state index >= 15 is 0 Å². The minimum Gasteiger partial charge on any atom is -0.506 e. The third-order valence-corrected chi connectivity index (χ3v) is 6.18. The Balaban J connectivity index is 0.000000211. The molecule has 1 saturated heterocycles. The van der Waals surface area contributed by atoms with E-state index < -0.39 is 0 Å². The summed E-state index contributed by atoms with van der Waals surface area (Å²) in [6, 6.07) is 13.3. The highest BCUT2D eigenvalue weighted by molar-refractivity contribution is 6.36. The lowest BCUT2D eigenvalue weighted by atomic mass is 10.2. The number of phenolic OH excluding ortho intramolecular Hbond substituents is 1. The number of benzene rings is 2. The van der Waals surface area contributed by atoms with Crippen LogP contribution in [-0.2, 0) is 0 Å². The van der Waals surface area contributed by atoms with Gasteiger partial charge in [-0.3, -0.25) is 4.79 Å². The van der Waals surface area contributed by atoms with E-state index in [9.17, 15) is 9.18 Å². The Morgan fingerprint density at radius 1 is 1.15 bits per heavy atom. The van der Waals surface area contributed by atoms with Crippen molar-refractivity contribution in [2.24, 2.45) is 0 Å². The van der Waals surface area contributed by atoms with Crippen molar-refractivity contribution in [2.75, 3.05) is 32.1 Å². The zero-order chi connectivity index (χ0) is 28.9. The van der Waals surface area contributed by atoms with Crippen LogP contribution in [0, 0.1) is 12.7 Å². The maximum Gasteiger partial charge on any atom is 0.153 e. The number of hydrogen-bond acceptors (Lipinski definition) is 7. The summed E-state index contributed by atoms with van der Waals surface area (Å²) in [4.78, 5) is 16.9. The van der Waals surface area contributed by atoms with Crippen molar-refractivity contribution in [1.82, 2.24) is 19.9 Å². The summed E-state index contributed by atoms with van der Waals surface area (Å²) in [5.41, 5.74) is 2.09. The van der Waals surface area contributed by atoms with Crippen LogP contribution in [-0.4, -0.2) is 59.3 Å². The average molecular weight is 579 g/mol. The molecule has 2 N–H and O–H groups in total. The van der Waals surface area contributed by atoms with E-state index in [4.69, 9.17) is 33.0 Å². The molecule has 0 amide bonds. The molecule has 210 valence electrons. The normalized spacial score (nSPS) is 13.8. The molecular weight excluding hydrogens is 544 g/mol. The predicted molar refractivity (Wildman–Crippen MR) is 155 cm³/mol. The van der Waals surface area contributed by atoms with Crippen molar-refractivity contribution in [1.29, 1.82) is 0 Å². The minimum absolute atomic E-state index is 0.0830. The predicted octanol–water partition coefficient (Wildman–Crippen LogP) is 6.21. The molecule has 2 aromatic carbocycles. The van der Waals surface area contributed by atoms with Gasteiger partial charge in [-0.1, -0.05) is 37.0 Å². The first-order valence-electron chi connectivity index (χ1n) is 12.4. The van der Waals surface area contributed by atoms with E-state index in [0.717, 1.165) is 30.2 Å². The topological polar surface area (TPSA) is 92.0 Å². The van der Waals surface area contributed by atoms with Crippen LogP contribution in [0.1, 0.15) is 36.3 Å². The largest absolute Gasteiger partial charge is 0.506 e. The van der Waals surface area contributed by atoms with Crippen LogP contribution >= 0.6 is 23.2 Å². The first kappa shape index (κ1) is 31.8. The van der Waals surface area contributed by atoms with Crippen molar-refractivity contribution in [3.8, 4) is 11.5 Å². The summed E-state index contributed by atoms with van der Waals surface area (Å²) < 4.78 is 18.9. The molecular formula is C28H34Cl2FN5O3. The van der Waals surface area contributed by atoms with Gasteiger partial charge in [0.05, 0.1) is 29.6 Å². The highest BCUT2D eigenvalue weighted by Gasteiger charge is 2.22. The van der Waals surface area contributed by atoms with Gasteiger partial charge in [0, 0.05) is 24.2 Å². The molecule has 0 aliphatic carbocycles. The standard InChI is InChI=1S/C12H17N5.C7H4Cl2O2.C7H7FO.C2H6/c1-9-7-14-11-3-4-12(15-17(9)11)16-6-5-10(8-16)13-2;8-5-1-4(3-10)7(11)6(9)2-5;1-9-7-4-2-6(8)3-5-7;1-2/h3-4,7,10,13H,5-6,8H2,1-2H3;1-3,11H;2-5H,1H3;1-2H3/t10-;;;/m0.../s1. The Labute approximate surface area is 238 Å². The third kappa shape index (κ3) is 9.09. The van der Waals surface area contributed by atoms with Crippen molar-refractivity contribution in [3.63, 3.8) is 0 Å². The van der Waals surface area contributed by atoms with Crippen molar-refractivity contribution in [3.05, 3.63) is 81.8 Å². The first-order valence-corrected chi connectivity index (χ1v) is 13.2. The number of likely N-dealkylation sites (N-methyl/N-ethyl adjacent to an activating group) is 1. The fourth-order valence-corrected chi connectivity index (χ4v) is 4.11. The van der Waals surface area contributed by atoms with Gasteiger partial charge in [0.1, 0.15) is 23.1 Å². The molecule has 0 unspecified atom stereocenters. The summed E-state index contributed by atoms with van der Waals surface area (Å²) in [5.74, 6) is 1.25. The molecule has 3 heterocycles. The summed E-state index contributed by atoms with van der Waals surface area (Å²) in [6.45, 7) is 8.12. The monoisotopic (exact) mass is 577 g/mol. The van der Waals surface area contributed by atoms with Gasteiger partial charge in [-0.25, -0.2) is 13.9 Å². The number of methoxy groups -OCH3 is 1. The van der Waals surface area contributed by atoms with Gasteiger partial charge in [-0.05, 0) is 68.9 Å². The van der Waals surface area contributed by atoms with E-state index in [1.54, 1.807) is 19.2 Å². The summed E-state index contributed by atoms with van der Waals surface area (Å²) in [6.07, 6.45) is 3.53. The van der Waals surface area contributed by atoms with Crippen molar-refractivity contribution >= 4 is 41.0 Å².